The van der Waals surface area contributed by atoms with Crippen LogP contribution in [-0.4, -0.2) is 54.9 Å². The first kappa shape index (κ1) is 13.4. The lowest BCUT2D eigenvalue weighted by molar-refractivity contribution is -0.134. The fourth-order valence-electron chi connectivity index (χ4n) is 1.90. The van der Waals surface area contributed by atoms with Gasteiger partial charge in [-0.2, -0.15) is 0 Å². The van der Waals surface area contributed by atoms with Crippen LogP contribution < -0.4 is 5.73 Å². The van der Waals surface area contributed by atoms with Crippen molar-refractivity contribution in [2.45, 2.75) is 31.2 Å². The molecule has 1 aliphatic rings. The van der Waals surface area contributed by atoms with Gasteiger partial charge in [0.2, 0.25) is 5.91 Å². The highest BCUT2D eigenvalue weighted by atomic mass is 16.5. The van der Waals surface area contributed by atoms with Gasteiger partial charge in [-0.05, 0) is 19.3 Å². The van der Waals surface area contributed by atoms with E-state index in [1.807, 2.05) is 0 Å². The Kier molecular flexibility index (Phi) is 5.18. The normalized spacial score (nSPS) is 17.9. The molecule has 0 aromatic heterocycles. The summed E-state index contributed by atoms with van der Waals surface area (Å²) in [5.74, 6) is 0.0216. The van der Waals surface area contributed by atoms with E-state index in [0.29, 0.717) is 26.1 Å². The van der Waals surface area contributed by atoms with Gasteiger partial charge in [0.15, 0.2) is 0 Å². The Morgan fingerprint density at radius 3 is 2.62 bits per heavy atom. The zero-order valence-corrected chi connectivity index (χ0v) is 9.95. The number of rotatable bonds is 7. The summed E-state index contributed by atoms with van der Waals surface area (Å²) in [5.41, 5.74) is 5.73. The SMILES string of the molecule is COCCN(CCO)C(=O)CC1(N)CCC1. The predicted octanol–water partition coefficient (Wildman–Crippen LogP) is -0.275. The van der Waals surface area contributed by atoms with E-state index in [1.165, 1.54) is 0 Å². The van der Waals surface area contributed by atoms with Crippen LogP contribution in [0.1, 0.15) is 25.7 Å². The summed E-state index contributed by atoms with van der Waals surface area (Å²) >= 11 is 0. The minimum atomic E-state index is -0.294. The van der Waals surface area contributed by atoms with Crippen molar-refractivity contribution in [3.63, 3.8) is 0 Å². The number of nitrogens with zero attached hydrogens (tertiary/aromatic N) is 1. The van der Waals surface area contributed by atoms with Gasteiger partial charge in [-0.15, -0.1) is 0 Å². The maximum atomic E-state index is 11.9. The quantitative estimate of drug-likeness (QED) is 0.631. The van der Waals surface area contributed by atoms with Gasteiger partial charge in [0.1, 0.15) is 0 Å². The average molecular weight is 230 g/mol. The zero-order chi connectivity index (χ0) is 12.0. The summed E-state index contributed by atoms with van der Waals surface area (Å²) in [5, 5.41) is 8.89. The van der Waals surface area contributed by atoms with Gasteiger partial charge in [0.25, 0.3) is 0 Å². The Balaban J connectivity index is 2.39. The summed E-state index contributed by atoms with van der Waals surface area (Å²) in [6, 6.07) is 0. The van der Waals surface area contributed by atoms with Crippen molar-refractivity contribution in [3.05, 3.63) is 0 Å². The molecule has 1 aliphatic carbocycles. The molecule has 3 N–H and O–H groups in total. The molecule has 0 spiro atoms. The van der Waals surface area contributed by atoms with Crippen LogP contribution in [0.2, 0.25) is 0 Å². The molecule has 0 atom stereocenters. The topological polar surface area (TPSA) is 75.8 Å². The summed E-state index contributed by atoms with van der Waals surface area (Å²) in [6.45, 7) is 1.35. The van der Waals surface area contributed by atoms with Crippen LogP contribution in [0.3, 0.4) is 0 Å². The molecule has 16 heavy (non-hydrogen) atoms. The van der Waals surface area contributed by atoms with E-state index in [2.05, 4.69) is 0 Å². The Morgan fingerprint density at radius 1 is 1.50 bits per heavy atom. The minimum Gasteiger partial charge on any atom is -0.395 e. The molecule has 1 fully saturated rings. The van der Waals surface area contributed by atoms with Gasteiger partial charge in [-0.25, -0.2) is 0 Å². The molecular weight excluding hydrogens is 208 g/mol. The second-order valence-corrected chi connectivity index (χ2v) is 4.49. The summed E-state index contributed by atoms with van der Waals surface area (Å²) in [6.07, 6.45) is 3.35. The van der Waals surface area contributed by atoms with Crippen LogP contribution in [0.15, 0.2) is 0 Å². The predicted molar refractivity (Wildman–Crippen MR) is 60.9 cm³/mol. The molecule has 0 heterocycles. The molecule has 1 amide bonds. The van der Waals surface area contributed by atoms with Gasteiger partial charge < -0.3 is 20.5 Å². The third-order valence-electron chi connectivity index (χ3n) is 3.14. The molecule has 1 rings (SSSR count). The van der Waals surface area contributed by atoms with Crippen LogP contribution in [-0.2, 0) is 9.53 Å². The van der Waals surface area contributed by atoms with Crippen molar-refractivity contribution in [3.8, 4) is 0 Å². The van der Waals surface area contributed by atoms with Gasteiger partial charge >= 0.3 is 0 Å². The summed E-state index contributed by atoms with van der Waals surface area (Å²) in [7, 11) is 1.60. The van der Waals surface area contributed by atoms with Gasteiger partial charge in [-0.1, -0.05) is 0 Å². The third kappa shape index (κ3) is 3.73. The van der Waals surface area contributed by atoms with E-state index in [9.17, 15) is 4.79 Å². The number of aliphatic hydroxyl groups excluding tert-OH is 1. The van der Waals surface area contributed by atoms with E-state index in [4.69, 9.17) is 15.6 Å². The summed E-state index contributed by atoms with van der Waals surface area (Å²) in [4.78, 5) is 13.5. The van der Waals surface area contributed by atoms with Crippen molar-refractivity contribution in [2.75, 3.05) is 33.4 Å². The van der Waals surface area contributed by atoms with Gasteiger partial charge in [0, 0.05) is 32.2 Å². The molecule has 5 nitrogen and oxygen atoms in total. The minimum absolute atomic E-state index is 0.0208. The Hall–Kier alpha value is -0.650. The highest BCUT2D eigenvalue weighted by Crippen LogP contribution is 2.32. The van der Waals surface area contributed by atoms with E-state index in [0.717, 1.165) is 19.3 Å². The lowest BCUT2D eigenvalue weighted by Gasteiger charge is -2.38. The molecular formula is C11H22N2O3. The maximum absolute atomic E-state index is 11.9. The number of methoxy groups -OCH3 is 1. The fourth-order valence-corrected chi connectivity index (χ4v) is 1.90. The molecule has 0 aromatic carbocycles. The van der Waals surface area contributed by atoms with Crippen molar-refractivity contribution in [2.24, 2.45) is 5.73 Å². The molecule has 0 aromatic rings. The zero-order valence-electron chi connectivity index (χ0n) is 9.95. The number of carbonyl (C=O) groups excluding carboxylic acids is 1. The van der Waals surface area contributed by atoms with Gasteiger partial charge in [-0.3, -0.25) is 4.79 Å². The number of aliphatic hydroxyl groups is 1. The van der Waals surface area contributed by atoms with Crippen molar-refractivity contribution in [1.29, 1.82) is 0 Å². The highest BCUT2D eigenvalue weighted by Gasteiger charge is 2.35. The van der Waals surface area contributed by atoms with E-state index in [1.54, 1.807) is 12.0 Å². The second-order valence-electron chi connectivity index (χ2n) is 4.49. The van der Waals surface area contributed by atoms with E-state index >= 15 is 0 Å². The van der Waals surface area contributed by atoms with E-state index in [-0.39, 0.29) is 18.1 Å². The molecule has 94 valence electrons. The van der Waals surface area contributed by atoms with Crippen LogP contribution in [0.5, 0.6) is 0 Å². The molecule has 0 bridgehead atoms. The Morgan fingerprint density at radius 2 is 2.19 bits per heavy atom. The first-order valence-electron chi connectivity index (χ1n) is 5.78. The van der Waals surface area contributed by atoms with Gasteiger partial charge in [0.05, 0.1) is 13.2 Å². The molecule has 0 aliphatic heterocycles. The first-order valence-corrected chi connectivity index (χ1v) is 5.78. The third-order valence-corrected chi connectivity index (χ3v) is 3.14. The molecule has 1 saturated carbocycles. The molecule has 0 unspecified atom stereocenters. The number of carbonyl (C=O) groups is 1. The monoisotopic (exact) mass is 230 g/mol. The lowest BCUT2D eigenvalue weighted by Crippen LogP contribution is -2.51. The smallest absolute Gasteiger partial charge is 0.224 e. The van der Waals surface area contributed by atoms with Crippen molar-refractivity contribution < 1.29 is 14.6 Å². The largest absolute Gasteiger partial charge is 0.395 e. The number of ether oxygens (including phenoxy) is 1. The number of amides is 1. The van der Waals surface area contributed by atoms with E-state index < -0.39 is 0 Å². The second kappa shape index (κ2) is 6.18. The van der Waals surface area contributed by atoms with Crippen molar-refractivity contribution in [1.82, 2.24) is 4.90 Å². The number of nitrogens with two attached hydrogens (primary N) is 1. The van der Waals surface area contributed by atoms with Crippen LogP contribution >= 0.6 is 0 Å². The van der Waals surface area contributed by atoms with Crippen LogP contribution in [0.4, 0.5) is 0 Å². The van der Waals surface area contributed by atoms with Crippen LogP contribution in [0.25, 0.3) is 0 Å². The maximum Gasteiger partial charge on any atom is 0.224 e. The van der Waals surface area contributed by atoms with Crippen molar-refractivity contribution >= 4 is 5.91 Å². The average Bonchev–Trinajstić information content (AvgIpc) is 2.21. The Bertz CT molecular complexity index is 229. The molecule has 0 saturated heterocycles. The lowest BCUT2D eigenvalue weighted by atomic mass is 9.75. The van der Waals surface area contributed by atoms with Crippen LogP contribution in [0, 0.1) is 0 Å². The number of hydrogen-bond donors (Lipinski definition) is 2. The summed E-state index contributed by atoms with van der Waals surface area (Å²) < 4.78 is 4.93. The standard InChI is InChI=1S/C11H22N2O3/c1-16-8-6-13(5-7-14)10(15)9-11(12)3-2-4-11/h14H,2-9,12H2,1H3. The molecule has 0 radical (unpaired) electrons. The Labute approximate surface area is 96.6 Å². The first-order chi connectivity index (χ1) is 7.61. The fraction of sp³-hybridized carbons (Fsp3) is 0.909. The molecule has 5 heteroatoms. The number of hydrogen-bond acceptors (Lipinski definition) is 4. The highest BCUT2D eigenvalue weighted by molar-refractivity contribution is 5.77.